The Morgan fingerprint density at radius 1 is 1.07 bits per heavy atom. The van der Waals surface area contributed by atoms with Gasteiger partial charge in [-0.05, 0) is 46.7 Å². The second-order valence-corrected chi connectivity index (χ2v) is 8.16. The van der Waals surface area contributed by atoms with Crippen molar-refractivity contribution >= 4 is 39.7 Å². The highest BCUT2D eigenvalue weighted by Crippen LogP contribution is 2.23. The predicted octanol–water partition coefficient (Wildman–Crippen LogP) is 5.09. The lowest BCUT2D eigenvalue weighted by molar-refractivity contribution is 0.0734. The van der Waals surface area contributed by atoms with Gasteiger partial charge in [0, 0.05) is 23.2 Å². The van der Waals surface area contributed by atoms with E-state index in [1.54, 1.807) is 30.2 Å². The average Bonchev–Trinajstić information content (AvgIpc) is 3.29. The molecule has 0 aliphatic heterocycles. The smallest absolute Gasteiger partial charge is 0.264 e. The third kappa shape index (κ3) is 4.25. The van der Waals surface area contributed by atoms with E-state index in [0.717, 1.165) is 10.9 Å². The van der Waals surface area contributed by atoms with E-state index < -0.39 is 0 Å². The van der Waals surface area contributed by atoms with Crippen LogP contribution in [0.4, 0.5) is 0 Å². The summed E-state index contributed by atoms with van der Waals surface area (Å²) in [6.45, 7) is 0.468. The van der Waals surface area contributed by atoms with Crippen molar-refractivity contribution in [3.05, 3.63) is 97.4 Å². The molecule has 2 aromatic heterocycles. The maximum absolute atomic E-state index is 13.1. The summed E-state index contributed by atoms with van der Waals surface area (Å²) < 4.78 is 5.22. The Bertz CT molecular complexity index is 1250. The molecule has 0 aliphatic rings. The van der Waals surface area contributed by atoms with Gasteiger partial charge in [-0.1, -0.05) is 35.9 Å². The number of rotatable bonds is 6. The molecule has 2 heterocycles. The second kappa shape index (κ2) is 8.73. The molecule has 0 saturated carbocycles. The fourth-order valence-electron chi connectivity index (χ4n) is 3.26. The highest BCUT2D eigenvalue weighted by atomic mass is 35.5. The number of aromatic amines is 1. The number of halogens is 1. The van der Waals surface area contributed by atoms with Crippen LogP contribution in [0.25, 0.3) is 10.9 Å². The largest absolute Gasteiger partial charge is 0.497 e. The van der Waals surface area contributed by atoms with E-state index in [0.29, 0.717) is 33.3 Å². The summed E-state index contributed by atoms with van der Waals surface area (Å²) in [6, 6.07) is 18.3. The van der Waals surface area contributed by atoms with Gasteiger partial charge in [0.05, 0.1) is 24.0 Å². The molecule has 2 aromatic carbocycles. The van der Waals surface area contributed by atoms with Crippen molar-refractivity contribution in [1.82, 2.24) is 9.88 Å². The molecule has 152 valence electrons. The van der Waals surface area contributed by atoms with Gasteiger partial charge in [0.2, 0.25) is 0 Å². The van der Waals surface area contributed by atoms with Gasteiger partial charge in [-0.3, -0.25) is 9.59 Å². The van der Waals surface area contributed by atoms with Crippen molar-refractivity contribution < 1.29 is 9.53 Å². The molecular formula is C23H19ClN2O3S. The molecule has 0 unspecified atom stereocenters. The first kappa shape index (κ1) is 20.2. The molecule has 0 bridgehead atoms. The lowest BCUT2D eigenvalue weighted by Gasteiger charge is -2.23. The van der Waals surface area contributed by atoms with E-state index in [9.17, 15) is 9.59 Å². The molecule has 4 aromatic rings. The van der Waals surface area contributed by atoms with Gasteiger partial charge in [-0.2, -0.15) is 0 Å². The second-order valence-electron chi connectivity index (χ2n) is 6.81. The van der Waals surface area contributed by atoms with E-state index in [2.05, 4.69) is 4.98 Å². The first-order valence-electron chi connectivity index (χ1n) is 9.31. The molecule has 0 atom stereocenters. The molecule has 7 heteroatoms. The number of pyridine rings is 1. The minimum Gasteiger partial charge on any atom is -0.497 e. The van der Waals surface area contributed by atoms with Crippen LogP contribution < -0.4 is 10.3 Å². The van der Waals surface area contributed by atoms with Crippen molar-refractivity contribution in [3.63, 3.8) is 0 Å². The topological polar surface area (TPSA) is 62.4 Å². The third-order valence-corrected chi connectivity index (χ3v) is 6.06. The van der Waals surface area contributed by atoms with Crippen LogP contribution in [0.3, 0.4) is 0 Å². The number of carbonyl (C=O) groups excluding carboxylic acids is 1. The maximum atomic E-state index is 13.1. The highest BCUT2D eigenvalue weighted by molar-refractivity contribution is 7.12. The Balaban J connectivity index is 1.70. The van der Waals surface area contributed by atoms with Crippen LogP contribution in [0.5, 0.6) is 5.75 Å². The summed E-state index contributed by atoms with van der Waals surface area (Å²) in [5.41, 5.74) is 1.78. The number of benzene rings is 2. The standard InChI is InChI=1S/C23H19ClN2O3S/c1-29-18-9-8-15-11-17(22(27)25-20(15)12-18)14-26(23(28)21-7-4-10-30-21)13-16-5-2-3-6-19(16)24/h2-12H,13-14H2,1H3,(H,25,27). The summed E-state index contributed by atoms with van der Waals surface area (Å²) in [6.07, 6.45) is 0. The summed E-state index contributed by atoms with van der Waals surface area (Å²) in [5.74, 6) is 0.526. The number of amides is 1. The van der Waals surface area contributed by atoms with Crippen LogP contribution >= 0.6 is 22.9 Å². The van der Waals surface area contributed by atoms with E-state index in [1.807, 2.05) is 47.8 Å². The number of H-pyrrole nitrogens is 1. The number of carbonyl (C=O) groups is 1. The van der Waals surface area contributed by atoms with E-state index in [-0.39, 0.29) is 18.0 Å². The number of nitrogens with zero attached hydrogens (tertiary/aromatic N) is 1. The quantitative estimate of drug-likeness (QED) is 0.456. The van der Waals surface area contributed by atoms with E-state index in [1.165, 1.54) is 11.3 Å². The van der Waals surface area contributed by atoms with Gasteiger partial charge in [0.25, 0.3) is 11.5 Å². The monoisotopic (exact) mass is 438 g/mol. The first-order chi connectivity index (χ1) is 14.5. The molecule has 0 fully saturated rings. The summed E-state index contributed by atoms with van der Waals surface area (Å²) in [7, 11) is 1.58. The molecule has 4 rings (SSSR count). The fourth-order valence-corrected chi connectivity index (χ4v) is 4.15. The average molecular weight is 439 g/mol. The molecule has 0 saturated heterocycles. The van der Waals surface area contributed by atoms with Crippen LogP contribution in [0.2, 0.25) is 5.02 Å². The Hall–Kier alpha value is -3.09. The van der Waals surface area contributed by atoms with Gasteiger partial charge >= 0.3 is 0 Å². The molecular weight excluding hydrogens is 420 g/mol. The Kier molecular flexibility index (Phi) is 5.88. The third-order valence-electron chi connectivity index (χ3n) is 4.83. The zero-order chi connectivity index (χ0) is 21.1. The van der Waals surface area contributed by atoms with Crippen molar-refractivity contribution in [1.29, 1.82) is 0 Å². The van der Waals surface area contributed by atoms with Crippen molar-refractivity contribution in [3.8, 4) is 5.75 Å². The van der Waals surface area contributed by atoms with Crippen molar-refractivity contribution in [2.75, 3.05) is 7.11 Å². The van der Waals surface area contributed by atoms with E-state index in [4.69, 9.17) is 16.3 Å². The van der Waals surface area contributed by atoms with E-state index >= 15 is 0 Å². The van der Waals surface area contributed by atoms with Gasteiger partial charge in [0.15, 0.2) is 0 Å². The van der Waals surface area contributed by atoms with Gasteiger partial charge in [-0.15, -0.1) is 11.3 Å². The summed E-state index contributed by atoms with van der Waals surface area (Å²) in [5, 5.41) is 3.31. The minimum atomic E-state index is -0.237. The molecule has 0 radical (unpaired) electrons. The van der Waals surface area contributed by atoms with Crippen LogP contribution in [0.15, 0.2) is 70.8 Å². The first-order valence-corrected chi connectivity index (χ1v) is 10.6. The van der Waals surface area contributed by atoms with Crippen LogP contribution in [-0.4, -0.2) is 22.9 Å². The predicted molar refractivity (Wildman–Crippen MR) is 120 cm³/mol. The van der Waals surface area contributed by atoms with Gasteiger partial charge in [-0.25, -0.2) is 0 Å². The zero-order valence-electron chi connectivity index (χ0n) is 16.2. The number of hydrogen-bond donors (Lipinski definition) is 1. The van der Waals surface area contributed by atoms with Gasteiger partial charge < -0.3 is 14.6 Å². The van der Waals surface area contributed by atoms with Crippen LogP contribution in [0, 0.1) is 0 Å². The Morgan fingerprint density at radius 3 is 2.60 bits per heavy atom. The number of ether oxygens (including phenoxy) is 1. The van der Waals surface area contributed by atoms with Crippen molar-refractivity contribution in [2.45, 2.75) is 13.1 Å². The number of thiophene rings is 1. The molecule has 0 spiro atoms. The normalized spacial score (nSPS) is 10.9. The number of fused-ring (bicyclic) bond motifs is 1. The molecule has 1 N–H and O–H groups in total. The zero-order valence-corrected chi connectivity index (χ0v) is 17.8. The van der Waals surface area contributed by atoms with Crippen LogP contribution in [-0.2, 0) is 13.1 Å². The lowest BCUT2D eigenvalue weighted by atomic mass is 10.1. The molecule has 1 amide bonds. The van der Waals surface area contributed by atoms with Crippen molar-refractivity contribution in [2.24, 2.45) is 0 Å². The van der Waals surface area contributed by atoms with Gasteiger partial charge in [0.1, 0.15) is 5.75 Å². The van der Waals surface area contributed by atoms with Crippen LogP contribution in [0.1, 0.15) is 20.8 Å². The number of aromatic nitrogens is 1. The SMILES string of the molecule is COc1ccc2cc(CN(Cc3ccccc3Cl)C(=O)c3cccs3)c(=O)[nH]c2c1. The molecule has 30 heavy (non-hydrogen) atoms. The Labute approximate surface area is 182 Å². The maximum Gasteiger partial charge on any atom is 0.264 e. The number of nitrogens with one attached hydrogen (secondary N) is 1. The Morgan fingerprint density at radius 2 is 1.87 bits per heavy atom. The highest BCUT2D eigenvalue weighted by Gasteiger charge is 2.20. The fraction of sp³-hybridized carbons (Fsp3) is 0.130. The number of hydrogen-bond acceptors (Lipinski definition) is 4. The molecule has 0 aliphatic carbocycles. The summed E-state index contributed by atoms with van der Waals surface area (Å²) >= 11 is 7.70. The minimum absolute atomic E-state index is 0.140. The number of methoxy groups -OCH3 is 1. The molecule has 5 nitrogen and oxygen atoms in total. The lowest BCUT2D eigenvalue weighted by Crippen LogP contribution is -2.32. The summed E-state index contributed by atoms with van der Waals surface area (Å²) in [4.78, 5) is 31.0.